The number of ether oxygens (including phenoxy) is 4. The van der Waals surface area contributed by atoms with Gasteiger partial charge >= 0.3 is 11.9 Å². The highest BCUT2D eigenvalue weighted by Gasteiger charge is 2.39. The molecule has 0 saturated heterocycles. The van der Waals surface area contributed by atoms with Gasteiger partial charge in [-0.05, 0) is 99.6 Å². The Labute approximate surface area is 316 Å². The van der Waals surface area contributed by atoms with E-state index in [1.54, 1.807) is 0 Å². The minimum absolute atomic E-state index is 0.00469. The van der Waals surface area contributed by atoms with E-state index in [9.17, 15) is 9.59 Å². The number of carbonyl (C=O) groups excluding carboxylic acids is 2. The third-order valence-electron chi connectivity index (χ3n) is 10.7. The molecule has 0 N–H and O–H groups in total. The third-order valence-corrected chi connectivity index (χ3v) is 10.7. The van der Waals surface area contributed by atoms with Gasteiger partial charge in [-0.1, -0.05) is 118 Å². The predicted octanol–water partition coefficient (Wildman–Crippen LogP) is 11.1. The predicted molar refractivity (Wildman–Crippen MR) is 211 cm³/mol. The van der Waals surface area contributed by atoms with Gasteiger partial charge in [0.25, 0.3) is 0 Å². The van der Waals surface area contributed by atoms with Gasteiger partial charge in [0.1, 0.15) is 48.0 Å². The topological polar surface area (TPSA) is 71.1 Å². The standard InChI is InChI=1S/C47H56O6/c1-11-47(10,29-45(5,6)7)33-17-23-39-37(27-33)41(43(49)53-39)31-14-20-35(21-15-31)51-25-24-50-34-18-12-30(13-19-34)40-36-26-32(16-22-38(36)52-42(40)48)46(8,9)28-44(2,3)4/h12-23,26-27,40-41H,11,24-25,28-29H2,1-10H3. The maximum atomic E-state index is 13.1. The second-order valence-electron chi connectivity index (χ2n) is 18.3. The average Bonchev–Trinajstić information content (AvgIpc) is 3.59. The summed E-state index contributed by atoms with van der Waals surface area (Å²) in [5.41, 5.74) is 6.33. The number of fused-ring (bicyclic) bond motifs is 2. The molecule has 4 aromatic rings. The van der Waals surface area contributed by atoms with Crippen molar-refractivity contribution < 1.29 is 28.5 Å². The number of esters is 2. The molecule has 0 amide bonds. The molecule has 3 unspecified atom stereocenters. The zero-order chi connectivity index (χ0) is 38.3. The summed E-state index contributed by atoms with van der Waals surface area (Å²) in [5.74, 6) is 1.21. The highest BCUT2D eigenvalue weighted by atomic mass is 16.5. The molecule has 2 heterocycles. The number of benzene rings is 4. The van der Waals surface area contributed by atoms with Crippen LogP contribution in [0.3, 0.4) is 0 Å². The first-order chi connectivity index (χ1) is 24.9. The molecule has 3 atom stereocenters. The third kappa shape index (κ3) is 8.48. The van der Waals surface area contributed by atoms with Crippen molar-refractivity contribution >= 4 is 11.9 Å². The lowest BCUT2D eigenvalue weighted by atomic mass is 9.69. The lowest BCUT2D eigenvalue weighted by Crippen LogP contribution is -2.27. The molecule has 53 heavy (non-hydrogen) atoms. The molecule has 0 aromatic heterocycles. The van der Waals surface area contributed by atoms with Crippen molar-refractivity contribution in [1.82, 2.24) is 0 Å². The van der Waals surface area contributed by atoms with Crippen LogP contribution in [0.1, 0.15) is 134 Å². The summed E-state index contributed by atoms with van der Waals surface area (Å²) in [6.45, 7) is 23.3. The summed E-state index contributed by atoms with van der Waals surface area (Å²) in [4.78, 5) is 26.1. The fraction of sp³-hybridized carbons (Fsp3) is 0.447. The summed E-state index contributed by atoms with van der Waals surface area (Å²) < 4.78 is 23.4. The van der Waals surface area contributed by atoms with Crippen molar-refractivity contribution in [1.29, 1.82) is 0 Å². The molecule has 0 saturated carbocycles. The molecule has 0 radical (unpaired) electrons. The first-order valence-corrected chi connectivity index (χ1v) is 19.0. The van der Waals surface area contributed by atoms with E-state index in [1.807, 2.05) is 60.7 Å². The van der Waals surface area contributed by atoms with Crippen LogP contribution < -0.4 is 18.9 Å². The normalized spacial score (nSPS) is 18.2. The van der Waals surface area contributed by atoms with Crippen LogP contribution in [0.4, 0.5) is 0 Å². The SMILES string of the molecule is CCC(C)(CC(C)(C)C)c1ccc2c(c1)C(c1ccc(OCCOc3ccc(C4C(=O)Oc5ccc(C(C)(C)CC(C)(C)C)cc54)cc3)cc1)C(=O)O2. The van der Waals surface area contributed by atoms with Crippen molar-refractivity contribution in [3.63, 3.8) is 0 Å². The van der Waals surface area contributed by atoms with Gasteiger partial charge in [-0.2, -0.15) is 0 Å². The lowest BCUT2D eigenvalue weighted by Gasteiger charge is -2.36. The zero-order valence-electron chi connectivity index (χ0n) is 33.2. The maximum Gasteiger partial charge on any atom is 0.323 e. The van der Waals surface area contributed by atoms with Crippen LogP contribution in [-0.4, -0.2) is 25.2 Å². The van der Waals surface area contributed by atoms with Crippen molar-refractivity contribution in [2.24, 2.45) is 10.8 Å². The Kier molecular flexibility index (Phi) is 10.3. The summed E-state index contributed by atoms with van der Waals surface area (Å²) in [7, 11) is 0. The Bertz CT molecular complexity index is 1960. The smallest absolute Gasteiger partial charge is 0.323 e. The van der Waals surface area contributed by atoms with Crippen LogP contribution in [0.5, 0.6) is 23.0 Å². The number of hydrogen-bond donors (Lipinski definition) is 0. The van der Waals surface area contributed by atoms with Gasteiger partial charge < -0.3 is 18.9 Å². The molecule has 4 aromatic carbocycles. The van der Waals surface area contributed by atoms with Crippen LogP contribution in [-0.2, 0) is 20.4 Å². The fourth-order valence-corrected chi connectivity index (χ4v) is 8.61. The van der Waals surface area contributed by atoms with Gasteiger partial charge in [-0.25, -0.2) is 0 Å². The van der Waals surface area contributed by atoms with E-state index < -0.39 is 11.8 Å². The zero-order valence-corrected chi connectivity index (χ0v) is 33.2. The summed E-state index contributed by atoms with van der Waals surface area (Å²) in [6, 6.07) is 27.7. The van der Waals surface area contributed by atoms with E-state index in [4.69, 9.17) is 18.9 Å². The van der Waals surface area contributed by atoms with Crippen LogP contribution in [0.15, 0.2) is 84.9 Å². The summed E-state index contributed by atoms with van der Waals surface area (Å²) >= 11 is 0. The van der Waals surface area contributed by atoms with Crippen LogP contribution in [0.2, 0.25) is 0 Å². The Morgan fingerprint density at radius 3 is 1.38 bits per heavy atom. The van der Waals surface area contributed by atoms with Gasteiger partial charge in [-0.3, -0.25) is 9.59 Å². The molecule has 0 fully saturated rings. The fourth-order valence-electron chi connectivity index (χ4n) is 8.61. The Morgan fingerprint density at radius 1 is 0.547 bits per heavy atom. The minimum Gasteiger partial charge on any atom is -0.490 e. The van der Waals surface area contributed by atoms with Crippen LogP contribution in [0.25, 0.3) is 0 Å². The molecule has 280 valence electrons. The van der Waals surface area contributed by atoms with Crippen LogP contribution in [0, 0.1) is 10.8 Å². The molecule has 0 spiro atoms. The monoisotopic (exact) mass is 716 g/mol. The molecular weight excluding hydrogens is 661 g/mol. The number of rotatable bonds is 12. The van der Waals surface area contributed by atoms with Crippen molar-refractivity contribution in [3.8, 4) is 23.0 Å². The van der Waals surface area contributed by atoms with E-state index in [1.165, 1.54) is 11.1 Å². The van der Waals surface area contributed by atoms with E-state index in [0.29, 0.717) is 36.2 Å². The summed E-state index contributed by atoms with van der Waals surface area (Å²) in [6.07, 6.45) is 3.06. The molecule has 6 rings (SSSR count). The van der Waals surface area contributed by atoms with E-state index in [2.05, 4.69) is 93.5 Å². The highest BCUT2D eigenvalue weighted by Crippen LogP contribution is 2.46. The lowest BCUT2D eigenvalue weighted by molar-refractivity contribution is -0.134. The minimum atomic E-state index is -0.470. The highest BCUT2D eigenvalue weighted by molar-refractivity contribution is 5.90. The second-order valence-corrected chi connectivity index (χ2v) is 18.3. The molecule has 6 heteroatoms. The van der Waals surface area contributed by atoms with E-state index >= 15 is 0 Å². The number of hydrogen-bond acceptors (Lipinski definition) is 6. The molecular formula is C47H56O6. The van der Waals surface area contributed by atoms with Crippen molar-refractivity contribution in [2.45, 2.75) is 111 Å². The quantitative estimate of drug-likeness (QED) is 0.0826. The summed E-state index contributed by atoms with van der Waals surface area (Å²) in [5, 5.41) is 0. The Morgan fingerprint density at radius 2 is 0.962 bits per heavy atom. The van der Waals surface area contributed by atoms with Crippen LogP contribution >= 0.6 is 0 Å². The van der Waals surface area contributed by atoms with Gasteiger partial charge in [-0.15, -0.1) is 0 Å². The second kappa shape index (κ2) is 14.3. The van der Waals surface area contributed by atoms with E-state index in [0.717, 1.165) is 41.5 Å². The number of carbonyl (C=O) groups is 2. The van der Waals surface area contributed by atoms with Gasteiger partial charge in [0.15, 0.2) is 0 Å². The first kappa shape index (κ1) is 38.2. The molecule has 2 aliphatic heterocycles. The Balaban J connectivity index is 1.06. The van der Waals surface area contributed by atoms with Gasteiger partial charge in [0.2, 0.25) is 0 Å². The maximum absolute atomic E-state index is 13.1. The average molecular weight is 717 g/mol. The molecule has 6 nitrogen and oxygen atoms in total. The molecule has 0 aliphatic carbocycles. The first-order valence-electron chi connectivity index (χ1n) is 19.0. The van der Waals surface area contributed by atoms with Crippen molar-refractivity contribution in [3.05, 3.63) is 118 Å². The van der Waals surface area contributed by atoms with E-state index in [-0.39, 0.29) is 33.6 Å². The Hall–Kier alpha value is -4.58. The van der Waals surface area contributed by atoms with Crippen molar-refractivity contribution in [2.75, 3.05) is 13.2 Å². The molecule has 0 bridgehead atoms. The molecule has 2 aliphatic rings. The largest absolute Gasteiger partial charge is 0.490 e. The van der Waals surface area contributed by atoms with Gasteiger partial charge in [0, 0.05) is 11.1 Å². The van der Waals surface area contributed by atoms with Gasteiger partial charge in [0.05, 0.1) is 0 Å².